The highest BCUT2D eigenvalue weighted by atomic mass is 15.4. The second kappa shape index (κ2) is 6.88. The Morgan fingerprint density at radius 1 is 1.08 bits per heavy atom. The predicted octanol–water partition coefficient (Wildman–Crippen LogP) is 2.72. The van der Waals surface area contributed by atoms with E-state index in [1.165, 1.54) is 0 Å². The second-order valence-corrected chi connectivity index (χ2v) is 5.46. The molecule has 0 saturated carbocycles. The molecule has 3 aromatic heterocycles. The highest BCUT2D eigenvalue weighted by Crippen LogP contribution is 2.14. The standard InChI is InChI=1S/C18H15N7/c1-2-6-17-15(5-1)7-8-18(21-17)23-20-11-16-13-25(24-22-16)12-14-4-3-9-19-10-14/h1-11,13H,12H2,(H,21,23)/b20-11+. The first-order valence-corrected chi connectivity index (χ1v) is 7.81. The van der Waals surface area contributed by atoms with Gasteiger partial charge in [-0.1, -0.05) is 29.5 Å². The van der Waals surface area contributed by atoms with Crippen LogP contribution in [0.2, 0.25) is 0 Å². The number of benzene rings is 1. The van der Waals surface area contributed by atoms with Crippen LogP contribution in [0.4, 0.5) is 5.82 Å². The van der Waals surface area contributed by atoms with Crippen molar-refractivity contribution in [1.82, 2.24) is 25.0 Å². The van der Waals surface area contributed by atoms with Crippen LogP contribution in [0.1, 0.15) is 11.3 Å². The molecule has 1 N–H and O–H groups in total. The van der Waals surface area contributed by atoms with Gasteiger partial charge in [-0.15, -0.1) is 5.10 Å². The van der Waals surface area contributed by atoms with Crippen molar-refractivity contribution >= 4 is 22.9 Å². The summed E-state index contributed by atoms with van der Waals surface area (Å²) in [7, 11) is 0. The lowest BCUT2D eigenvalue weighted by Crippen LogP contribution is -2.00. The Morgan fingerprint density at radius 3 is 2.96 bits per heavy atom. The van der Waals surface area contributed by atoms with Gasteiger partial charge in [0, 0.05) is 17.8 Å². The molecule has 0 spiro atoms. The van der Waals surface area contributed by atoms with E-state index in [0.29, 0.717) is 18.1 Å². The Morgan fingerprint density at radius 2 is 2.04 bits per heavy atom. The fraction of sp³-hybridized carbons (Fsp3) is 0.0556. The molecule has 0 aliphatic heterocycles. The lowest BCUT2D eigenvalue weighted by Gasteiger charge is -2.01. The van der Waals surface area contributed by atoms with E-state index >= 15 is 0 Å². The van der Waals surface area contributed by atoms with Gasteiger partial charge < -0.3 is 0 Å². The summed E-state index contributed by atoms with van der Waals surface area (Å²) in [5.74, 6) is 0.678. The van der Waals surface area contributed by atoms with Crippen LogP contribution in [0.15, 0.2) is 72.2 Å². The zero-order chi connectivity index (χ0) is 16.9. The summed E-state index contributed by atoms with van der Waals surface area (Å²) in [4.78, 5) is 8.58. The summed E-state index contributed by atoms with van der Waals surface area (Å²) >= 11 is 0. The number of rotatable bonds is 5. The molecule has 1 aromatic carbocycles. The largest absolute Gasteiger partial charge is 0.264 e. The van der Waals surface area contributed by atoms with Crippen LogP contribution in [0.5, 0.6) is 0 Å². The van der Waals surface area contributed by atoms with Crippen molar-refractivity contribution in [3.8, 4) is 0 Å². The quantitative estimate of drug-likeness (QED) is 0.450. The van der Waals surface area contributed by atoms with Crippen molar-refractivity contribution in [2.75, 3.05) is 5.43 Å². The molecule has 0 unspecified atom stereocenters. The van der Waals surface area contributed by atoms with Crippen molar-refractivity contribution in [2.24, 2.45) is 5.10 Å². The van der Waals surface area contributed by atoms with Crippen LogP contribution in [0.25, 0.3) is 10.9 Å². The number of pyridine rings is 2. The molecule has 0 radical (unpaired) electrons. The number of hydrogen-bond acceptors (Lipinski definition) is 6. The summed E-state index contributed by atoms with van der Waals surface area (Å²) in [6.45, 7) is 0.619. The first kappa shape index (κ1) is 14.9. The van der Waals surface area contributed by atoms with Crippen LogP contribution < -0.4 is 5.43 Å². The van der Waals surface area contributed by atoms with Gasteiger partial charge in [0.05, 0.1) is 24.5 Å². The number of hydrazone groups is 1. The minimum absolute atomic E-state index is 0.619. The average Bonchev–Trinajstić information content (AvgIpc) is 3.10. The smallest absolute Gasteiger partial charge is 0.146 e. The Kier molecular flexibility index (Phi) is 4.11. The third kappa shape index (κ3) is 3.66. The second-order valence-electron chi connectivity index (χ2n) is 5.46. The fourth-order valence-corrected chi connectivity index (χ4v) is 2.42. The Hall–Kier alpha value is -3.61. The maximum atomic E-state index is 4.49. The lowest BCUT2D eigenvalue weighted by atomic mass is 10.2. The highest BCUT2D eigenvalue weighted by molar-refractivity contribution is 5.80. The molecule has 0 fully saturated rings. The molecule has 122 valence electrons. The van der Waals surface area contributed by atoms with Gasteiger partial charge in [-0.3, -0.25) is 10.4 Å². The maximum Gasteiger partial charge on any atom is 0.146 e. The van der Waals surface area contributed by atoms with Gasteiger partial charge in [0.25, 0.3) is 0 Å². The van der Waals surface area contributed by atoms with E-state index in [9.17, 15) is 0 Å². The maximum absolute atomic E-state index is 4.49. The summed E-state index contributed by atoms with van der Waals surface area (Å²) in [5.41, 5.74) is 5.57. The normalized spacial score (nSPS) is 11.2. The van der Waals surface area contributed by atoms with E-state index in [1.807, 2.05) is 60.9 Å². The molecule has 0 atom stereocenters. The molecule has 25 heavy (non-hydrogen) atoms. The fourth-order valence-electron chi connectivity index (χ4n) is 2.42. The number of nitrogens with one attached hydrogen (secondary N) is 1. The molecule has 4 rings (SSSR count). The van der Waals surface area contributed by atoms with E-state index in [4.69, 9.17) is 0 Å². The lowest BCUT2D eigenvalue weighted by molar-refractivity contribution is 0.648. The molecule has 0 aliphatic rings. The van der Waals surface area contributed by atoms with E-state index in [2.05, 4.69) is 30.8 Å². The van der Waals surface area contributed by atoms with Crippen LogP contribution in [0.3, 0.4) is 0 Å². The number of hydrogen-bond donors (Lipinski definition) is 1. The Bertz CT molecular complexity index is 1010. The zero-order valence-electron chi connectivity index (χ0n) is 13.3. The molecule has 0 saturated heterocycles. The number of anilines is 1. The highest BCUT2D eigenvalue weighted by Gasteiger charge is 2.00. The first-order valence-electron chi connectivity index (χ1n) is 7.81. The van der Waals surface area contributed by atoms with Crippen LogP contribution in [-0.2, 0) is 6.54 Å². The van der Waals surface area contributed by atoms with Crippen molar-refractivity contribution in [3.63, 3.8) is 0 Å². The Balaban J connectivity index is 1.41. The summed E-state index contributed by atoms with van der Waals surface area (Å²) < 4.78 is 1.74. The number of nitrogens with zero attached hydrogens (tertiary/aromatic N) is 6. The molecule has 7 nitrogen and oxygen atoms in total. The van der Waals surface area contributed by atoms with E-state index < -0.39 is 0 Å². The minimum Gasteiger partial charge on any atom is -0.264 e. The van der Waals surface area contributed by atoms with E-state index in [0.717, 1.165) is 16.5 Å². The average molecular weight is 329 g/mol. The molecule has 3 heterocycles. The van der Waals surface area contributed by atoms with Gasteiger partial charge in [0.2, 0.25) is 0 Å². The van der Waals surface area contributed by atoms with E-state index in [1.54, 1.807) is 17.1 Å². The van der Waals surface area contributed by atoms with Gasteiger partial charge in [0.1, 0.15) is 11.5 Å². The number of fused-ring (bicyclic) bond motifs is 1. The van der Waals surface area contributed by atoms with Gasteiger partial charge >= 0.3 is 0 Å². The van der Waals surface area contributed by atoms with Crippen molar-refractivity contribution in [3.05, 3.63) is 78.4 Å². The summed E-state index contributed by atoms with van der Waals surface area (Å²) in [6.07, 6.45) is 6.99. The minimum atomic E-state index is 0.619. The molecule has 4 aromatic rings. The van der Waals surface area contributed by atoms with Crippen molar-refractivity contribution in [2.45, 2.75) is 6.54 Å². The van der Waals surface area contributed by atoms with Gasteiger partial charge in [0.15, 0.2) is 0 Å². The molecular formula is C18H15N7. The summed E-state index contributed by atoms with van der Waals surface area (Å²) in [6, 6.07) is 15.7. The van der Waals surface area contributed by atoms with Crippen molar-refractivity contribution in [1.29, 1.82) is 0 Å². The van der Waals surface area contributed by atoms with Crippen LogP contribution >= 0.6 is 0 Å². The van der Waals surface area contributed by atoms with Gasteiger partial charge in [-0.05, 0) is 29.8 Å². The van der Waals surface area contributed by atoms with Crippen LogP contribution in [-0.4, -0.2) is 31.2 Å². The molecule has 0 amide bonds. The Labute approximate surface area is 144 Å². The van der Waals surface area contributed by atoms with E-state index in [-0.39, 0.29) is 0 Å². The van der Waals surface area contributed by atoms with Crippen molar-refractivity contribution < 1.29 is 0 Å². The number of aromatic nitrogens is 5. The topological polar surface area (TPSA) is 80.9 Å². The molecular weight excluding hydrogens is 314 g/mol. The van der Waals surface area contributed by atoms with Gasteiger partial charge in [-0.2, -0.15) is 5.10 Å². The monoisotopic (exact) mass is 329 g/mol. The third-order valence-corrected chi connectivity index (χ3v) is 3.60. The zero-order valence-corrected chi connectivity index (χ0v) is 13.3. The predicted molar refractivity (Wildman–Crippen MR) is 96.3 cm³/mol. The van der Waals surface area contributed by atoms with Gasteiger partial charge in [-0.25, -0.2) is 9.67 Å². The molecule has 0 bridgehead atoms. The van der Waals surface area contributed by atoms with Crippen LogP contribution in [0, 0.1) is 0 Å². The molecule has 7 heteroatoms. The molecule has 0 aliphatic carbocycles. The summed E-state index contributed by atoms with van der Waals surface area (Å²) in [5, 5.41) is 13.4. The first-order chi connectivity index (χ1) is 12.4. The number of para-hydroxylation sites is 1. The third-order valence-electron chi connectivity index (χ3n) is 3.60. The SMILES string of the molecule is C(=N\Nc1ccc2ccccc2n1)/c1cn(Cc2cccnc2)nn1.